The van der Waals surface area contributed by atoms with Gasteiger partial charge in [-0.05, 0) is 53.6 Å². The van der Waals surface area contributed by atoms with Crippen LogP contribution in [0, 0.1) is 0 Å². The Morgan fingerprint density at radius 2 is 1.52 bits per heavy atom. The summed E-state index contributed by atoms with van der Waals surface area (Å²) < 4.78 is 13.3. The molecule has 0 fully saturated rings. The van der Waals surface area contributed by atoms with Crippen LogP contribution in [0.1, 0.15) is 5.56 Å². The van der Waals surface area contributed by atoms with Crippen LogP contribution in [-0.2, 0) is 13.2 Å². The molecule has 0 spiro atoms. The minimum atomic E-state index is -0.723. The van der Waals surface area contributed by atoms with Crippen LogP contribution < -0.4 is 9.47 Å². The molecule has 1 heterocycles. The van der Waals surface area contributed by atoms with Gasteiger partial charge in [0.2, 0.25) is 5.28 Å². The molecule has 1 atom stereocenters. The quantitative estimate of drug-likeness (QED) is 0.458. The molecule has 0 amide bonds. The van der Waals surface area contributed by atoms with Crippen LogP contribution in [0.25, 0.3) is 11.0 Å². The van der Waals surface area contributed by atoms with Crippen molar-refractivity contribution in [3.05, 3.63) is 89.7 Å². The van der Waals surface area contributed by atoms with Crippen molar-refractivity contribution in [2.45, 2.75) is 19.3 Å². The SMILES string of the molecule is OC(COc1ccc(OCc2ccccc2)cc1)Cn1c(Cl)nc2ccccc21. The van der Waals surface area contributed by atoms with E-state index in [1.54, 1.807) is 4.57 Å². The smallest absolute Gasteiger partial charge is 0.203 e. The topological polar surface area (TPSA) is 56.5 Å². The van der Waals surface area contributed by atoms with E-state index < -0.39 is 6.10 Å². The summed E-state index contributed by atoms with van der Waals surface area (Å²) in [6.07, 6.45) is -0.723. The van der Waals surface area contributed by atoms with E-state index in [2.05, 4.69) is 4.98 Å². The van der Waals surface area contributed by atoms with Crippen molar-refractivity contribution in [1.29, 1.82) is 0 Å². The number of imidazole rings is 1. The van der Waals surface area contributed by atoms with E-state index >= 15 is 0 Å². The lowest BCUT2D eigenvalue weighted by Gasteiger charge is -2.14. The maximum atomic E-state index is 10.4. The van der Waals surface area contributed by atoms with Gasteiger partial charge in [0.25, 0.3) is 0 Å². The van der Waals surface area contributed by atoms with Crippen molar-refractivity contribution in [1.82, 2.24) is 9.55 Å². The van der Waals surface area contributed by atoms with Crippen LogP contribution in [0.3, 0.4) is 0 Å². The highest BCUT2D eigenvalue weighted by atomic mass is 35.5. The van der Waals surface area contributed by atoms with Gasteiger partial charge in [0.05, 0.1) is 17.6 Å². The Balaban J connectivity index is 1.30. The number of rotatable bonds is 8. The Hall–Kier alpha value is -3.02. The summed E-state index contributed by atoms with van der Waals surface area (Å²) in [6, 6.07) is 25.0. The molecule has 0 aliphatic carbocycles. The monoisotopic (exact) mass is 408 g/mol. The summed E-state index contributed by atoms with van der Waals surface area (Å²) in [4.78, 5) is 4.30. The third-order valence-corrected chi connectivity index (χ3v) is 4.80. The minimum absolute atomic E-state index is 0.146. The van der Waals surface area contributed by atoms with Crippen molar-refractivity contribution in [3.63, 3.8) is 0 Å². The first-order valence-electron chi connectivity index (χ1n) is 9.37. The molecule has 5 nitrogen and oxygen atoms in total. The van der Waals surface area contributed by atoms with Crippen LogP contribution in [0.15, 0.2) is 78.9 Å². The Morgan fingerprint density at radius 3 is 2.28 bits per heavy atom. The van der Waals surface area contributed by atoms with Gasteiger partial charge >= 0.3 is 0 Å². The summed E-state index contributed by atoms with van der Waals surface area (Å²) >= 11 is 6.21. The molecular weight excluding hydrogens is 388 g/mol. The van der Waals surface area contributed by atoms with E-state index in [4.69, 9.17) is 21.1 Å². The molecule has 29 heavy (non-hydrogen) atoms. The number of benzene rings is 3. The van der Waals surface area contributed by atoms with E-state index in [0.717, 1.165) is 22.3 Å². The van der Waals surface area contributed by atoms with E-state index in [1.807, 2.05) is 78.9 Å². The van der Waals surface area contributed by atoms with Gasteiger partial charge in [-0.3, -0.25) is 0 Å². The van der Waals surface area contributed by atoms with Gasteiger partial charge in [-0.1, -0.05) is 42.5 Å². The fourth-order valence-electron chi connectivity index (χ4n) is 3.05. The molecule has 0 saturated carbocycles. The van der Waals surface area contributed by atoms with E-state index in [0.29, 0.717) is 24.2 Å². The number of aliphatic hydroxyl groups excluding tert-OH is 1. The van der Waals surface area contributed by atoms with Crippen LogP contribution >= 0.6 is 11.6 Å². The third-order valence-electron chi connectivity index (χ3n) is 4.52. The summed E-state index contributed by atoms with van der Waals surface area (Å²) in [5.74, 6) is 1.43. The molecule has 0 saturated heterocycles. The van der Waals surface area contributed by atoms with Crippen molar-refractivity contribution < 1.29 is 14.6 Å². The van der Waals surface area contributed by atoms with Gasteiger partial charge in [0.15, 0.2) is 0 Å². The molecule has 1 unspecified atom stereocenters. The van der Waals surface area contributed by atoms with E-state index in [9.17, 15) is 5.11 Å². The Bertz CT molecular complexity index is 1060. The van der Waals surface area contributed by atoms with Crippen LogP contribution in [0.2, 0.25) is 5.28 Å². The lowest BCUT2D eigenvalue weighted by molar-refractivity contribution is 0.0934. The lowest BCUT2D eigenvalue weighted by atomic mass is 10.2. The summed E-state index contributed by atoms with van der Waals surface area (Å²) in [5, 5.41) is 10.7. The van der Waals surface area contributed by atoms with Gasteiger partial charge in [-0.2, -0.15) is 0 Å². The minimum Gasteiger partial charge on any atom is -0.491 e. The highest BCUT2D eigenvalue weighted by Crippen LogP contribution is 2.21. The zero-order valence-corrected chi connectivity index (χ0v) is 16.5. The first-order valence-corrected chi connectivity index (χ1v) is 9.75. The van der Waals surface area contributed by atoms with Gasteiger partial charge in [-0.15, -0.1) is 0 Å². The lowest BCUT2D eigenvalue weighted by Crippen LogP contribution is -2.23. The number of ether oxygens (including phenoxy) is 2. The number of hydrogen-bond donors (Lipinski definition) is 1. The number of aromatic nitrogens is 2. The zero-order chi connectivity index (χ0) is 20.1. The largest absolute Gasteiger partial charge is 0.491 e. The van der Waals surface area contributed by atoms with Gasteiger partial charge in [0, 0.05) is 0 Å². The molecule has 3 aromatic carbocycles. The summed E-state index contributed by atoms with van der Waals surface area (Å²) in [6.45, 7) is 0.962. The molecule has 148 valence electrons. The van der Waals surface area contributed by atoms with Crippen molar-refractivity contribution in [2.24, 2.45) is 0 Å². The Labute approximate surface area is 174 Å². The molecule has 0 aliphatic heterocycles. The molecule has 6 heteroatoms. The Morgan fingerprint density at radius 1 is 0.862 bits per heavy atom. The standard InChI is InChI=1S/C23H21ClN2O3/c24-23-25-21-8-4-5-9-22(21)26(23)14-18(27)16-29-20-12-10-19(11-13-20)28-15-17-6-2-1-3-7-17/h1-13,18,27H,14-16H2. The number of hydrogen-bond acceptors (Lipinski definition) is 4. The second kappa shape index (κ2) is 8.99. The van der Waals surface area contributed by atoms with E-state index in [1.165, 1.54) is 0 Å². The van der Waals surface area contributed by atoms with Crippen molar-refractivity contribution in [3.8, 4) is 11.5 Å². The molecule has 0 radical (unpaired) electrons. The number of halogens is 1. The fourth-order valence-corrected chi connectivity index (χ4v) is 3.30. The zero-order valence-electron chi connectivity index (χ0n) is 15.7. The number of aliphatic hydroxyl groups is 1. The average molecular weight is 409 g/mol. The van der Waals surface area contributed by atoms with Crippen LogP contribution in [0.5, 0.6) is 11.5 Å². The second-order valence-corrected chi connectivity index (χ2v) is 7.03. The normalized spacial score (nSPS) is 12.1. The highest BCUT2D eigenvalue weighted by Gasteiger charge is 2.13. The summed E-state index contributed by atoms with van der Waals surface area (Å²) in [7, 11) is 0. The summed E-state index contributed by atoms with van der Waals surface area (Å²) in [5.41, 5.74) is 2.80. The predicted octanol–water partition coefficient (Wildman–Crippen LogP) is 4.71. The van der Waals surface area contributed by atoms with Gasteiger partial charge < -0.3 is 19.1 Å². The fraction of sp³-hybridized carbons (Fsp3) is 0.174. The predicted molar refractivity (Wildman–Crippen MR) is 113 cm³/mol. The van der Waals surface area contributed by atoms with Crippen LogP contribution in [0.4, 0.5) is 0 Å². The highest BCUT2D eigenvalue weighted by molar-refractivity contribution is 6.29. The van der Waals surface area contributed by atoms with E-state index in [-0.39, 0.29) is 6.61 Å². The second-order valence-electron chi connectivity index (χ2n) is 6.69. The molecule has 1 N–H and O–H groups in total. The first kappa shape index (κ1) is 19.3. The molecule has 0 aliphatic rings. The van der Waals surface area contributed by atoms with Gasteiger partial charge in [-0.25, -0.2) is 4.98 Å². The molecule has 4 rings (SSSR count). The molecule has 1 aromatic heterocycles. The first-order chi connectivity index (χ1) is 14.2. The Kier molecular flexibility index (Phi) is 5.98. The van der Waals surface area contributed by atoms with Crippen LogP contribution in [-0.4, -0.2) is 27.4 Å². The maximum Gasteiger partial charge on any atom is 0.203 e. The maximum absolute atomic E-state index is 10.4. The number of fused-ring (bicyclic) bond motifs is 1. The van der Waals surface area contributed by atoms with Crippen molar-refractivity contribution in [2.75, 3.05) is 6.61 Å². The molecular formula is C23H21ClN2O3. The van der Waals surface area contributed by atoms with Gasteiger partial charge in [0.1, 0.15) is 30.8 Å². The number of nitrogens with zero attached hydrogens (tertiary/aromatic N) is 2. The third kappa shape index (κ3) is 4.88. The molecule has 0 bridgehead atoms. The van der Waals surface area contributed by atoms with Crippen molar-refractivity contribution >= 4 is 22.6 Å². The average Bonchev–Trinajstić information content (AvgIpc) is 3.07. The molecule has 4 aromatic rings. The number of para-hydroxylation sites is 2.